The minimum absolute atomic E-state index is 0.218. The van der Waals surface area contributed by atoms with Crippen LogP contribution < -0.4 is 0 Å². The number of aliphatic hydroxyl groups is 5. The zero-order valence-electron chi connectivity index (χ0n) is 12.2. The van der Waals surface area contributed by atoms with Gasteiger partial charge in [0.05, 0.1) is 12.7 Å². The molecule has 6 unspecified atom stereocenters. The van der Waals surface area contributed by atoms with E-state index in [1.165, 1.54) is 0 Å². The molecule has 13 heteroatoms. The second-order valence-corrected chi connectivity index (χ2v) is 6.99. The Morgan fingerprint density at radius 1 is 1.33 bits per heavy atom. The van der Waals surface area contributed by atoms with Crippen molar-refractivity contribution in [1.29, 1.82) is 0 Å². The van der Waals surface area contributed by atoms with Gasteiger partial charge in [0.15, 0.2) is 0 Å². The molecule has 140 valence electrons. The van der Waals surface area contributed by atoms with Gasteiger partial charge < -0.3 is 30.3 Å². The Morgan fingerprint density at radius 2 is 1.96 bits per heavy atom. The average Bonchev–Trinajstić information content (AvgIpc) is 2.52. The fourth-order valence-electron chi connectivity index (χ4n) is 1.76. The predicted octanol–water partition coefficient (Wildman–Crippen LogP) is -2.41. The second-order valence-electron chi connectivity index (χ2n) is 4.81. The van der Waals surface area contributed by atoms with Gasteiger partial charge in [0, 0.05) is 6.42 Å². The van der Waals surface area contributed by atoms with Crippen LogP contribution in [-0.4, -0.2) is 86.1 Å². The molecule has 1 heterocycles. The maximum atomic E-state index is 10.6. The monoisotopic (exact) mass is 389 g/mol. The topological polar surface area (TPSA) is 186 Å². The number of rotatable bonds is 7. The third-order valence-electron chi connectivity index (χ3n) is 2.99. The Kier molecular flexibility index (Phi) is 8.04. The number of hydrogen-bond donors (Lipinski definition) is 6. The Balaban J connectivity index is 2.92. The van der Waals surface area contributed by atoms with Gasteiger partial charge in [-0.05, 0) is 0 Å². The molecule has 0 aliphatic carbocycles. The summed E-state index contributed by atoms with van der Waals surface area (Å²) in [5.41, 5.74) is -1.26. The van der Waals surface area contributed by atoms with Crippen LogP contribution >= 0.6 is 11.8 Å². The normalized spacial score (nSPS) is 33.1. The molecule has 1 aliphatic heterocycles. The molecule has 11 nitrogen and oxygen atoms in total. The summed E-state index contributed by atoms with van der Waals surface area (Å²) < 4.78 is 38.8. The fourth-order valence-corrected chi connectivity index (χ4v) is 3.10. The number of oxime groups is 1. The van der Waals surface area contributed by atoms with Crippen LogP contribution in [0.15, 0.2) is 17.8 Å². The summed E-state index contributed by atoms with van der Waals surface area (Å²) in [5, 5.41) is 50.8. The maximum Gasteiger partial charge on any atom is 0.466 e. The van der Waals surface area contributed by atoms with Gasteiger partial charge in [0.2, 0.25) is 0 Å². The summed E-state index contributed by atoms with van der Waals surface area (Å²) in [6, 6.07) is 0. The summed E-state index contributed by atoms with van der Waals surface area (Å²) in [7, 11) is -4.89. The van der Waals surface area contributed by atoms with E-state index < -0.39 is 53.0 Å². The molecule has 1 fully saturated rings. The highest BCUT2D eigenvalue weighted by molar-refractivity contribution is 8.14. The quantitative estimate of drug-likeness (QED) is 0.0895. The lowest BCUT2D eigenvalue weighted by Crippen LogP contribution is -2.57. The van der Waals surface area contributed by atoms with E-state index in [1.807, 2.05) is 0 Å². The maximum absolute atomic E-state index is 10.6. The highest BCUT2D eigenvalue weighted by Crippen LogP contribution is 2.30. The molecule has 1 rings (SSSR count). The van der Waals surface area contributed by atoms with Crippen molar-refractivity contribution in [2.45, 2.75) is 42.4 Å². The number of ether oxygens (including phenoxy) is 1. The number of aliphatic hydroxyl groups excluding tert-OH is 5. The molecule has 6 N–H and O–H groups in total. The lowest BCUT2D eigenvalue weighted by Gasteiger charge is -2.39. The highest BCUT2D eigenvalue weighted by Gasteiger charge is 2.44. The first-order valence-electron chi connectivity index (χ1n) is 6.59. The number of hydrogen-bond acceptors (Lipinski definition) is 11. The first-order chi connectivity index (χ1) is 11.1. The van der Waals surface area contributed by atoms with Gasteiger partial charge in [-0.3, -0.25) is 4.55 Å². The standard InChI is InChI=1S/C11H19NO10S2/c1-2-5(14)3-7(12-22-24(18,19)20)23-11-10(17)9(16)8(15)6(4-13)21-11/h2,5-6,8-11,13-17H,1,3-4H2,(H,18,19,20)/b12-7-. The summed E-state index contributed by atoms with van der Waals surface area (Å²) in [6.45, 7) is 2.67. The molecule has 0 amide bonds. The van der Waals surface area contributed by atoms with Crippen LogP contribution in [0.4, 0.5) is 0 Å². The first kappa shape index (κ1) is 21.3. The van der Waals surface area contributed by atoms with E-state index in [9.17, 15) is 28.8 Å². The highest BCUT2D eigenvalue weighted by atomic mass is 32.3. The zero-order valence-corrected chi connectivity index (χ0v) is 13.9. The summed E-state index contributed by atoms with van der Waals surface area (Å²) >= 11 is 0.570. The van der Waals surface area contributed by atoms with Crippen LogP contribution in [0.1, 0.15) is 6.42 Å². The number of nitrogens with zero attached hydrogens (tertiary/aromatic N) is 1. The third-order valence-corrected chi connectivity index (χ3v) is 4.39. The molecular weight excluding hydrogens is 370 g/mol. The first-order valence-corrected chi connectivity index (χ1v) is 8.84. The minimum atomic E-state index is -4.89. The molecule has 1 saturated heterocycles. The van der Waals surface area contributed by atoms with E-state index >= 15 is 0 Å². The van der Waals surface area contributed by atoms with E-state index in [2.05, 4.69) is 16.0 Å². The van der Waals surface area contributed by atoms with Crippen molar-refractivity contribution in [3.63, 3.8) is 0 Å². The lowest BCUT2D eigenvalue weighted by molar-refractivity contribution is -0.205. The van der Waals surface area contributed by atoms with E-state index in [4.69, 9.17) is 14.4 Å². The van der Waals surface area contributed by atoms with Gasteiger partial charge >= 0.3 is 10.4 Å². The van der Waals surface area contributed by atoms with E-state index in [-0.39, 0.29) is 11.5 Å². The third kappa shape index (κ3) is 6.27. The molecule has 24 heavy (non-hydrogen) atoms. The largest absolute Gasteiger partial charge is 0.466 e. The van der Waals surface area contributed by atoms with Crippen LogP contribution in [0, 0.1) is 0 Å². The smallest absolute Gasteiger partial charge is 0.394 e. The van der Waals surface area contributed by atoms with Crippen molar-refractivity contribution < 1.29 is 47.5 Å². The van der Waals surface area contributed by atoms with Crippen molar-refractivity contribution in [3.8, 4) is 0 Å². The average molecular weight is 389 g/mol. The fraction of sp³-hybridized carbons (Fsp3) is 0.727. The predicted molar refractivity (Wildman–Crippen MR) is 82.2 cm³/mol. The van der Waals surface area contributed by atoms with Gasteiger partial charge in [-0.2, -0.15) is 8.42 Å². The van der Waals surface area contributed by atoms with Crippen LogP contribution in [0.25, 0.3) is 0 Å². The molecule has 0 aromatic heterocycles. The minimum Gasteiger partial charge on any atom is -0.394 e. The Bertz CT molecular complexity index is 551. The molecule has 0 radical (unpaired) electrons. The van der Waals surface area contributed by atoms with Gasteiger partial charge in [-0.25, -0.2) is 4.28 Å². The van der Waals surface area contributed by atoms with Crippen LogP contribution in [0.3, 0.4) is 0 Å². The Morgan fingerprint density at radius 3 is 2.46 bits per heavy atom. The van der Waals surface area contributed by atoms with Gasteiger partial charge in [-0.15, -0.1) is 6.58 Å². The molecule has 0 bridgehead atoms. The van der Waals surface area contributed by atoms with Gasteiger partial charge in [0.25, 0.3) is 0 Å². The molecule has 1 aliphatic rings. The summed E-state index contributed by atoms with van der Waals surface area (Å²) in [4.78, 5) is 0. The van der Waals surface area contributed by atoms with Crippen molar-refractivity contribution in [2.75, 3.05) is 6.61 Å². The van der Waals surface area contributed by atoms with Crippen molar-refractivity contribution >= 4 is 27.2 Å². The van der Waals surface area contributed by atoms with Gasteiger partial charge in [0.1, 0.15) is 34.9 Å². The van der Waals surface area contributed by atoms with Gasteiger partial charge in [-0.1, -0.05) is 23.0 Å². The summed E-state index contributed by atoms with van der Waals surface area (Å²) in [6.07, 6.45) is -6.29. The van der Waals surface area contributed by atoms with Crippen LogP contribution in [0.5, 0.6) is 0 Å². The van der Waals surface area contributed by atoms with Crippen LogP contribution in [0.2, 0.25) is 0 Å². The Hall–Kier alpha value is -0.770. The van der Waals surface area contributed by atoms with E-state index in [0.717, 1.165) is 6.08 Å². The second kappa shape index (κ2) is 9.07. The zero-order chi connectivity index (χ0) is 18.5. The van der Waals surface area contributed by atoms with E-state index in [0.29, 0.717) is 11.8 Å². The Labute approximate surface area is 142 Å². The van der Waals surface area contributed by atoms with Crippen molar-refractivity contribution in [3.05, 3.63) is 12.7 Å². The molecule has 6 atom stereocenters. The molecular formula is C11H19NO10S2. The molecule has 0 spiro atoms. The van der Waals surface area contributed by atoms with E-state index in [1.54, 1.807) is 0 Å². The van der Waals surface area contributed by atoms with Crippen molar-refractivity contribution in [1.82, 2.24) is 0 Å². The van der Waals surface area contributed by atoms with Crippen LogP contribution in [-0.2, 0) is 19.4 Å². The molecule has 0 aromatic rings. The lowest BCUT2D eigenvalue weighted by atomic mass is 10.0. The summed E-state index contributed by atoms with van der Waals surface area (Å²) in [5.74, 6) is 0. The van der Waals surface area contributed by atoms with Crippen molar-refractivity contribution in [2.24, 2.45) is 5.16 Å². The number of thioether (sulfide) groups is 1. The molecule has 0 aromatic carbocycles. The SMILES string of the molecule is C=CC(O)C/C(=N/OS(=O)(=O)O)SC1OC(CO)C(O)C(O)C1O. The molecule has 0 saturated carbocycles.